The maximum atomic E-state index is 5.92. The lowest BCUT2D eigenvalue weighted by molar-refractivity contribution is 0.238. The van der Waals surface area contributed by atoms with Crippen molar-refractivity contribution in [3.05, 3.63) is 29.8 Å². The summed E-state index contributed by atoms with van der Waals surface area (Å²) in [5, 5.41) is 0. The van der Waals surface area contributed by atoms with Crippen LogP contribution in [-0.4, -0.2) is 43.4 Å². The second kappa shape index (κ2) is 7.08. The summed E-state index contributed by atoms with van der Waals surface area (Å²) in [6.45, 7) is 7.54. The summed E-state index contributed by atoms with van der Waals surface area (Å²) in [6, 6.07) is 8.45. The molecule has 0 aromatic heterocycles. The highest BCUT2D eigenvalue weighted by molar-refractivity contribution is 6.01. The van der Waals surface area contributed by atoms with Crippen molar-refractivity contribution in [2.24, 2.45) is 10.9 Å². The lowest BCUT2D eigenvalue weighted by atomic mass is 9.96. The lowest BCUT2D eigenvalue weighted by Gasteiger charge is -2.18. The Labute approximate surface area is 128 Å². The van der Waals surface area contributed by atoms with E-state index in [1.807, 2.05) is 0 Å². The standard InChI is InChI=1S/C18H26N2O/c1-15-7-8-18(19-14-15)16-5-4-6-17(13-16)21-12-11-20-9-2-3-10-20/h4-6,13,15H,2-3,7-12,14H2,1H3. The van der Waals surface area contributed by atoms with Crippen molar-refractivity contribution >= 4 is 5.71 Å². The summed E-state index contributed by atoms with van der Waals surface area (Å²) < 4.78 is 5.92. The fourth-order valence-corrected chi connectivity index (χ4v) is 3.12. The molecular formula is C18H26N2O. The Bertz CT molecular complexity index is 492. The van der Waals surface area contributed by atoms with Crippen LogP contribution in [0.15, 0.2) is 29.3 Å². The van der Waals surface area contributed by atoms with Crippen LogP contribution in [0.3, 0.4) is 0 Å². The third-order valence-corrected chi connectivity index (χ3v) is 4.51. The SMILES string of the molecule is CC1CCC(c2cccc(OCCN3CCCC3)c2)=NC1. The number of nitrogens with zero attached hydrogens (tertiary/aromatic N) is 2. The van der Waals surface area contributed by atoms with Crippen LogP contribution in [0.1, 0.15) is 38.2 Å². The molecule has 0 aliphatic carbocycles. The number of benzene rings is 1. The van der Waals surface area contributed by atoms with Gasteiger partial charge in [0.2, 0.25) is 0 Å². The molecule has 0 radical (unpaired) electrons. The highest BCUT2D eigenvalue weighted by Crippen LogP contribution is 2.21. The number of ether oxygens (including phenoxy) is 1. The molecule has 3 heteroatoms. The molecule has 0 spiro atoms. The number of aliphatic imine (C=N–C) groups is 1. The molecule has 21 heavy (non-hydrogen) atoms. The molecule has 0 N–H and O–H groups in total. The van der Waals surface area contributed by atoms with E-state index in [2.05, 4.69) is 36.1 Å². The Hall–Kier alpha value is -1.35. The van der Waals surface area contributed by atoms with Crippen LogP contribution >= 0.6 is 0 Å². The van der Waals surface area contributed by atoms with E-state index in [1.54, 1.807) is 0 Å². The Morgan fingerprint density at radius 2 is 2.14 bits per heavy atom. The van der Waals surface area contributed by atoms with E-state index in [4.69, 9.17) is 9.73 Å². The van der Waals surface area contributed by atoms with Gasteiger partial charge in [-0.05, 0) is 62.4 Å². The van der Waals surface area contributed by atoms with Gasteiger partial charge >= 0.3 is 0 Å². The van der Waals surface area contributed by atoms with Crippen LogP contribution in [-0.2, 0) is 0 Å². The second-order valence-corrected chi connectivity index (χ2v) is 6.36. The summed E-state index contributed by atoms with van der Waals surface area (Å²) >= 11 is 0. The molecule has 0 saturated carbocycles. The minimum Gasteiger partial charge on any atom is -0.492 e. The molecule has 1 fully saturated rings. The highest BCUT2D eigenvalue weighted by Gasteiger charge is 2.14. The topological polar surface area (TPSA) is 24.8 Å². The molecule has 2 aliphatic rings. The molecule has 1 atom stereocenters. The van der Waals surface area contributed by atoms with Crippen LogP contribution < -0.4 is 4.74 Å². The van der Waals surface area contributed by atoms with Gasteiger partial charge in [-0.15, -0.1) is 0 Å². The number of hydrogen-bond donors (Lipinski definition) is 0. The Balaban J connectivity index is 1.55. The van der Waals surface area contributed by atoms with E-state index in [0.29, 0.717) is 0 Å². The third kappa shape index (κ3) is 4.07. The average Bonchev–Trinajstić information content (AvgIpc) is 3.02. The molecular weight excluding hydrogens is 260 g/mol. The predicted octanol–water partition coefficient (Wildman–Crippen LogP) is 3.38. The lowest BCUT2D eigenvalue weighted by Crippen LogP contribution is -2.25. The zero-order chi connectivity index (χ0) is 14.5. The van der Waals surface area contributed by atoms with Gasteiger partial charge in [0.25, 0.3) is 0 Å². The molecule has 0 bridgehead atoms. The van der Waals surface area contributed by atoms with Gasteiger partial charge in [0.1, 0.15) is 12.4 Å². The summed E-state index contributed by atoms with van der Waals surface area (Å²) in [4.78, 5) is 7.20. The van der Waals surface area contributed by atoms with Crippen molar-refractivity contribution in [1.29, 1.82) is 0 Å². The van der Waals surface area contributed by atoms with Gasteiger partial charge in [-0.25, -0.2) is 0 Å². The Morgan fingerprint density at radius 1 is 1.29 bits per heavy atom. The second-order valence-electron chi connectivity index (χ2n) is 6.36. The minimum absolute atomic E-state index is 0.730. The normalized spacial score (nSPS) is 23.1. The van der Waals surface area contributed by atoms with E-state index >= 15 is 0 Å². The largest absolute Gasteiger partial charge is 0.492 e. The van der Waals surface area contributed by atoms with Crippen LogP contribution in [0.5, 0.6) is 5.75 Å². The molecule has 2 heterocycles. The predicted molar refractivity (Wildman–Crippen MR) is 87.4 cm³/mol. The van der Waals surface area contributed by atoms with Gasteiger partial charge in [0.05, 0.1) is 0 Å². The fourth-order valence-electron chi connectivity index (χ4n) is 3.12. The third-order valence-electron chi connectivity index (χ3n) is 4.51. The first-order chi connectivity index (χ1) is 10.3. The molecule has 1 saturated heterocycles. The minimum atomic E-state index is 0.730. The fraction of sp³-hybridized carbons (Fsp3) is 0.611. The van der Waals surface area contributed by atoms with Gasteiger partial charge in [-0.2, -0.15) is 0 Å². The van der Waals surface area contributed by atoms with Crippen molar-refractivity contribution < 1.29 is 4.74 Å². The molecule has 1 aromatic carbocycles. The molecule has 1 unspecified atom stereocenters. The monoisotopic (exact) mass is 286 g/mol. The molecule has 2 aliphatic heterocycles. The number of rotatable bonds is 5. The van der Waals surface area contributed by atoms with Crippen LogP contribution in [0.25, 0.3) is 0 Å². The van der Waals surface area contributed by atoms with Crippen LogP contribution in [0.2, 0.25) is 0 Å². The Morgan fingerprint density at radius 3 is 2.90 bits per heavy atom. The van der Waals surface area contributed by atoms with Crippen molar-refractivity contribution in [1.82, 2.24) is 4.90 Å². The maximum Gasteiger partial charge on any atom is 0.120 e. The van der Waals surface area contributed by atoms with Crippen molar-refractivity contribution in [2.75, 3.05) is 32.8 Å². The molecule has 1 aromatic rings. The van der Waals surface area contributed by atoms with E-state index < -0.39 is 0 Å². The van der Waals surface area contributed by atoms with Gasteiger partial charge in [-0.3, -0.25) is 9.89 Å². The van der Waals surface area contributed by atoms with Gasteiger partial charge in [-0.1, -0.05) is 19.1 Å². The van der Waals surface area contributed by atoms with Crippen molar-refractivity contribution in [2.45, 2.75) is 32.6 Å². The first-order valence-corrected chi connectivity index (χ1v) is 8.30. The summed E-state index contributed by atoms with van der Waals surface area (Å²) in [6.07, 6.45) is 5.03. The summed E-state index contributed by atoms with van der Waals surface area (Å²) in [7, 11) is 0. The van der Waals surface area contributed by atoms with E-state index in [1.165, 1.54) is 43.6 Å². The summed E-state index contributed by atoms with van der Waals surface area (Å²) in [5.41, 5.74) is 2.48. The van der Waals surface area contributed by atoms with Crippen molar-refractivity contribution in [3.8, 4) is 5.75 Å². The van der Waals surface area contributed by atoms with Crippen molar-refractivity contribution in [3.63, 3.8) is 0 Å². The summed E-state index contributed by atoms with van der Waals surface area (Å²) in [5.74, 6) is 1.71. The zero-order valence-electron chi connectivity index (χ0n) is 13.1. The van der Waals surface area contributed by atoms with E-state index in [0.717, 1.165) is 37.8 Å². The first kappa shape index (κ1) is 14.6. The maximum absolute atomic E-state index is 5.92. The number of hydrogen-bond acceptors (Lipinski definition) is 3. The van der Waals surface area contributed by atoms with Gasteiger partial charge in [0, 0.05) is 18.8 Å². The van der Waals surface area contributed by atoms with E-state index in [9.17, 15) is 0 Å². The molecule has 3 rings (SSSR count). The van der Waals surface area contributed by atoms with Gasteiger partial charge < -0.3 is 4.74 Å². The molecule has 0 amide bonds. The molecule has 3 nitrogen and oxygen atoms in total. The van der Waals surface area contributed by atoms with Crippen LogP contribution in [0.4, 0.5) is 0 Å². The Kier molecular flexibility index (Phi) is 4.91. The van der Waals surface area contributed by atoms with E-state index in [-0.39, 0.29) is 0 Å². The van der Waals surface area contributed by atoms with Gasteiger partial charge in [0.15, 0.2) is 0 Å². The number of likely N-dealkylation sites (tertiary alicyclic amines) is 1. The first-order valence-electron chi connectivity index (χ1n) is 8.30. The highest BCUT2D eigenvalue weighted by atomic mass is 16.5. The smallest absolute Gasteiger partial charge is 0.120 e. The quantitative estimate of drug-likeness (QED) is 0.829. The van der Waals surface area contributed by atoms with Crippen LogP contribution in [0, 0.1) is 5.92 Å². The average molecular weight is 286 g/mol. The zero-order valence-corrected chi connectivity index (χ0v) is 13.1. The molecule has 114 valence electrons.